The van der Waals surface area contributed by atoms with Crippen LogP contribution in [-0.4, -0.2) is 54.3 Å². The minimum absolute atomic E-state index is 0. The van der Waals surface area contributed by atoms with Crippen molar-refractivity contribution in [3.05, 3.63) is 34.9 Å². The second-order valence-electron chi connectivity index (χ2n) is 7.54. The summed E-state index contributed by atoms with van der Waals surface area (Å²) >= 11 is 5.91. The maximum atomic E-state index is 12.6. The highest BCUT2D eigenvalue weighted by Gasteiger charge is 2.29. The number of piperidine rings is 1. The van der Waals surface area contributed by atoms with Crippen LogP contribution in [0.5, 0.6) is 0 Å². The van der Waals surface area contributed by atoms with Crippen LogP contribution in [-0.2, 0) is 16.1 Å². The molecule has 27 heavy (non-hydrogen) atoms. The fraction of sp³-hybridized carbons (Fsp3) is 0.600. The van der Waals surface area contributed by atoms with E-state index >= 15 is 0 Å². The Bertz CT molecular complexity index is 633. The molecule has 0 aromatic heterocycles. The molecule has 1 N–H and O–H groups in total. The number of hydrogen-bond acceptors (Lipinski definition) is 3. The van der Waals surface area contributed by atoms with E-state index in [1.165, 1.54) is 12.8 Å². The molecule has 7 heteroatoms. The fourth-order valence-corrected chi connectivity index (χ4v) is 3.96. The van der Waals surface area contributed by atoms with Gasteiger partial charge in [0.15, 0.2) is 0 Å². The van der Waals surface area contributed by atoms with Crippen molar-refractivity contribution in [3.63, 3.8) is 0 Å². The van der Waals surface area contributed by atoms with Crippen LogP contribution in [0.4, 0.5) is 0 Å². The van der Waals surface area contributed by atoms with Crippen LogP contribution in [0, 0.1) is 11.8 Å². The van der Waals surface area contributed by atoms with Crippen molar-refractivity contribution < 1.29 is 9.59 Å². The molecule has 0 bridgehead atoms. The summed E-state index contributed by atoms with van der Waals surface area (Å²) in [5.41, 5.74) is 1.06. The lowest BCUT2D eigenvalue weighted by molar-refractivity contribution is -0.146. The molecule has 2 unspecified atom stereocenters. The molecule has 0 spiro atoms. The van der Waals surface area contributed by atoms with Crippen molar-refractivity contribution in [1.29, 1.82) is 0 Å². The number of halogens is 2. The molecule has 0 radical (unpaired) electrons. The second kappa shape index (κ2) is 10.3. The smallest absolute Gasteiger partial charge is 0.242 e. The lowest BCUT2D eigenvalue weighted by Crippen LogP contribution is -2.52. The third-order valence-electron chi connectivity index (χ3n) is 5.59. The van der Waals surface area contributed by atoms with Crippen LogP contribution < -0.4 is 5.32 Å². The van der Waals surface area contributed by atoms with Gasteiger partial charge in [-0.2, -0.15) is 0 Å². The molecule has 2 heterocycles. The summed E-state index contributed by atoms with van der Waals surface area (Å²) in [5, 5.41) is 4.11. The molecule has 3 rings (SSSR count). The number of carbonyl (C=O) groups excluding carboxylic acids is 2. The minimum Gasteiger partial charge on any atom is -0.335 e. The molecule has 2 fully saturated rings. The molecule has 2 atom stereocenters. The maximum absolute atomic E-state index is 12.6. The van der Waals surface area contributed by atoms with Crippen molar-refractivity contribution in [2.24, 2.45) is 11.8 Å². The van der Waals surface area contributed by atoms with Gasteiger partial charge < -0.3 is 15.1 Å². The zero-order valence-corrected chi connectivity index (χ0v) is 17.4. The summed E-state index contributed by atoms with van der Waals surface area (Å²) in [6, 6.07) is 7.55. The summed E-state index contributed by atoms with van der Waals surface area (Å²) in [4.78, 5) is 28.6. The summed E-state index contributed by atoms with van der Waals surface area (Å²) in [6.07, 6.45) is 2.91. The van der Waals surface area contributed by atoms with Gasteiger partial charge in [-0.1, -0.05) is 30.7 Å². The monoisotopic (exact) mass is 413 g/mol. The third kappa shape index (κ3) is 6.09. The highest BCUT2D eigenvalue weighted by Crippen LogP contribution is 2.23. The molecule has 5 nitrogen and oxygen atoms in total. The largest absolute Gasteiger partial charge is 0.335 e. The Kier molecular flexibility index (Phi) is 8.39. The first-order valence-electron chi connectivity index (χ1n) is 9.53. The van der Waals surface area contributed by atoms with Crippen molar-refractivity contribution in [1.82, 2.24) is 15.1 Å². The van der Waals surface area contributed by atoms with Crippen molar-refractivity contribution >= 4 is 35.8 Å². The Hall–Kier alpha value is -1.30. The summed E-state index contributed by atoms with van der Waals surface area (Å²) in [7, 11) is 0. The van der Waals surface area contributed by atoms with E-state index in [4.69, 9.17) is 11.6 Å². The van der Waals surface area contributed by atoms with Crippen LogP contribution in [0.3, 0.4) is 0 Å². The van der Waals surface area contributed by atoms with E-state index in [1.54, 1.807) is 4.90 Å². The first-order valence-corrected chi connectivity index (χ1v) is 9.91. The van der Waals surface area contributed by atoms with Crippen molar-refractivity contribution in [2.45, 2.75) is 32.7 Å². The highest BCUT2D eigenvalue weighted by atomic mass is 35.5. The first-order chi connectivity index (χ1) is 12.5. The van der Waals surface area contributed by atoms with Gasteiger partial charge in [-0.25, -0.2) is 0 Å². The highest BCUT2D eigenvalue weighted by molar-refractivity contribution is 6.30. The van der Waals surface area contributed by atoms with Gasteiger partial charge >= 0.3 is 0 Å². The van der Waals surface area contributed by atoms with Gasteiger partial charge in [0.2, 0.25) is 11.8 Å². The molecule has 150 valence electrons. The second-order valence-corrected chi connectivity index (χ2v) is 7.98. The van der Waals surface area contributed by atoms with Gasteiger partial charge in [0.05, 0.1) is 6.54 Å². The van der Waals surface area contributed by atoms with E-state index in [2.05, 4.69) is 12.2 Å². The molecule has 1 aromatic carbocycles. The van der Waals surface area contributed by atoms with Gasteiger partial charge in [0.1, 0.15) is 0 Å². The predicted octanol–water partition coefficient (Wildman–Crippen LogP) is 2.96. The maximum Gasteiger partial charge on any atom is 0.242 e. The molecule has 0 aliphatic carbocycles. The SMILES string of the molecule is CC(CC(=O)N1CCN(Cc2ccc(Cl)cc2)C(=O)C1)C1CCCNC1.Cl. The molecule has 2 aliphatic rings. The van der Waals surface area contributed by atoms with Gasteiger partial charge in [0, 0.05) is 31.1 Å². The lowest BCUT2D eigenvalue weighted by Gasteiger charge is -2.36. The number of piperazine rings is 1. The van der Waals surface area contributed by atoms with Crippen LogP contribution >= 0.6 is 24.0 Å². The molecular weight excluding hydrogens is 385 g/mol. The van der Waals surface area contributed by atoms with Gasteiger partial charge in [-0.15, -0.1) is 12.4 Å². The Morgan fingerprint density at radius 2 is 2.04 bits per heavy atom. The quantitative estimate of drug-likeness (QED) is 0.806. The lowest BCUT2D eigenvalue weighted by atomic mass is 9.85. The number of carbonyl (C=O) groups is 2. The molecule has 0 saturated carbocycles. The Labute approximate surface area is 172 Å². The van der Waals surface area contributed by atoms with E-state index in [0.717, 1.165) is 18.7 Å². The predicted molar refractivity (Wildman–Crippen MR) is 110 cm³/mol. The van der Waals surface area contributed by atoms with Crippen LogP contribution in [0.25, 0.3) is 0 Å². The van der Waals surface area contributed by atoms with Crippen molar-refractivity contribution in [3.8, 4) is 0 Å². The molecule has 1 aromatic rings. The van der Waals surface area contributed by atoms with Crippen molar-refractivity contribution in [2.75, 3.05) is 32.7 Å². The summed E-state index contributed by atoms with van der Waals surface area (Å²) < 4.78 is 0. The fourth-order valence-electron chi connectivity index (χ4n) is 3.83. The van der Waals surface area contributed by atoms with E-state index in [-0.39, 0.29) is 30.8 Å². The number of nitrogens with zero attached hydrogens (tertiary/aromatic N) is 2. The van der Waals surface area contributed by atoms with Crippen LogP contribution in [0.15, 0.2) is 24.3 Å². The first kappa shape index (κ1) is 22.0. The Balaban J connectivity index is 0.00000261. The third-order valence-corrected chi connectivity index (χ3v) is 5.85. The standard InChI is InChI=1S/C20H28ClN3O2.ClH/c1-15(17-3-2-8-22-12-17)11-19(25)24-10-9-23(20(26)14-24)13-16-4-6-18(21)7-5-16;/h4-7,15,17,22H,2-3,8-14H2,1H3;1H. The number of nitrogens with one attached hydrogen (secondary N) is 1. The van der Waals surface area contributed by atoms with Crippen LogP contribution in [0.2, 0.25) is 5.02 Å². The number of benzene rings is 1. The van der Waals surface area contributed by atoms with E-state index in [9.17, 15) is 9.59 Å². The zero-order chi connectivity index (χ0) is 18.5. The molecule has 2 saturated heterocycles. The van der Waals surface area contributed by atoms with Crippen LogP contribution in [0.1, 0.15) is 31.7 Å². The summed E-state index contributed by atoms with van der Waals surface area (Å²) in [6.45, 7) is 6.22. The zero-order valence-electron chi connectivity index (χ0n) is 15.8. The number of amides is 2. The van der Waals surface area contributed by atoms with E-state index < -0.39 is 0 Å². The van der Waals surface area contributed by atoms with Gasteiger partial charge in [-0.3, -0.25) is 9.59 Å². The normalized spacial score (nSPS) is 21.6. The Morgan fingerprint density at radius 1 is 1.30 bits per heavy atom. The molecule has 2 aliphatic heterocycles. The average Bonchev–Trinajstić information content (AvgIpc) is 2.65. The topological polar surface area (TPSA) is 52.7 Å². The van der Waals surface area contributed by atoms with Gasteiger partial charge in [-0.05, 0) is 55.5 Å². The van der Waals surface area contributed by atoms with E-state index in [0.29, 0.717) is 42.9 Å². The minimum atomic E-state index is 0. The number of rotatable bonds is 5. The van der Waals surface area contributed by atoms with E-state index in [1.807, 2.05) is 29.2 Å². The number of hydrogen-bond donors (Lipinski definition) is 1. The molecule has 2 amide bonds. The average molecular weight is 414 g/mol. The summed E-state index contributed by atoms with van der Waals surface area (Å²) in [5.74, 6) is 1.06. The molecular formula is C20H29Cl2N3O2. The Morgan fingerprint density at radius 3 is 2.67 bits per heavy atom. The van der Waals surface area contributed by atoms with Gasteiger partial charge in [0.25, 0.3) is 0 Å².